The number of aliphatic hydroxyl groups is 1. The molecule has 3 atom stereocenters. The fourth-order valence-corrected chi connectivity index (χ4v) is 3.63. The van der Waals surface area contributed by atoms with Gasteiger partial charge >= 0.3 is 6.18 Å². The van der Waals surface area contributed by atoms with Crippen molar-refractivity contribution in [2.24, 2.45) is 0 Å². The Hall–Kier alpha value is -1.80. The summed E-state index contributed by atoms with van der Waals surface area (Å²) in [6.45, 7) is -1.81. The Morgan fingerprint density at radius 1 is 1.11 bits per heavy atom. The predicted octanol–water partition coefficient (Wildman–Crippen LogP) is 4.56. The lowest BCUT2D eigenvalue weighted by Crippen LogP contribution is -2.57. The second-order valence-corrected chi connectivity index (χ2v) is 7.20. The molecule has 0 bridgehead atoms. The van der Waals surface area contributed by atoms with Crippen LogP contribution >= 0.6 is 23.2 Å². The normalized spacial score (nSPS) is 21.6. The molecule has 1 N–H and O–H groups in total. The Morgan fingerprint density at radius 2 is 1.79 bits per heavy atom. The first kappa shape index (κ1) is 20.9. The number of ether oxygens (including phenoxy) is 1. The third kappa shape index (κ3) is 4.27. The van der Waals surface area contributed by atoms with Gasteiger partial charge in [0.15, 0.2) is 6.04 Å². The van der Waals surface area contributed by atoms with Gasteiger partial charge < -0.3 is 14.7 Å². The molecule has 150 valence electrons. The summed E-state index contributed by atoms with van der Waals surface area (Å²) in [7, 11) is 0. The molecule has 1 amide bonds. The Balaban J connectivity index is 2.14. The minimum Gasteiger partial charge on any atom is -0.394 e. The maximum atomic E-state index is 13.6. The van der Waals surface area contributed by atoms with Crippen molar-refractivity contribution in [1.82, 2.24) is 4.90 Å². The summed E-state index contributed by atoms with van der Waals surface area (Å²) in [6.07, 6.45) is -5.72. The molecule has 0 radical (unpaired) electrons. The third-order valence-corrected chi connectivity index (χ3v) is 5.02. The molecule has 28 heavy (non-hydrogen) atoms. The van der Waals surface area contributed by atoms with Crippen LogP contribution in [0, 0.1) is 0 Å². The number of hydrogen-bond donors (Lipinski definition) is 1. The summed E-state index contributed by atoms with van der Waals surface area (Å²) in [5, 5.41) is 10.2. The Labute approximate surface area is 169 Å². The first-order chi connectivity index (χ1) is 13.2. The number of hydrogen-bond acceptors (Lipinski definition) is 3. The van der Waals surface area contributed by atoms with Gasteiger partial charge in [0.05, 0.1) is 12.6 Å². The van der Waals surface area contributed by atoms with Crippen molar-refractivity contribution in [3.63, 3.8) is 0 Å². The number of nitrogens with zero attached hydrogens (tertiary/aromatic N) is 1. The maximum Gasteiger partial charge on any atom is 0.411 e. The van der Waals surface area contributed by atoms with Crippen LogP contribution in [-0.4, -0.2) is 41.3 Å². The highest BCUT2D eigenvalue weighted by atomic mass is 35.5. The summed E-state index contributed by atoms with van der Waals surface area (Å²) < 4.78 is 46.4. The summed E-state index contributed by atoms with van der Waals surface area (Å²) in [4.78, 5) is 13.1. The highest BCUT2D eigenvalue weighted by molar-refractivity contribution is 6.30. The second kappa shape index (κ2) is 8.29. The van der Waals surface area contributed by atoms with Crippen LogP contribution in [0.2, 0.25) is 10.0 Å². The van der Waals surface area contributed by atoms with Crippen LogP contribution in [-0.2, 0) is 9.53 Å². The average Bonchev–Trinajstić information content (AvgIpc) is 2.63. The molecule has 1 saturated heterocycles. The van der Waals surface area contributed by atoms with Crippen molar-refractivity contribution < 1.29 is 27.8 Å². The van der Waals surface area contributed by atoms with Gasteiger partial charge in [0, 0.05) is 10.0 Å². The van der Waals surface area contributed by atoms with Gasteiger partial charge in [0.1, 0.15) is 12.7 Å². The van der Waals surface area contributed by atoms with Crippen molar-refractivity contribution in [3.8, 4) is 0 Å². The first-order valence-electron chi connectivity index (χ1n) is 8.33. The van der Waals surface area contributed by atoms with Crippen LogP contribution in [0.3, 0.4) is 0 Å². The molecular weight excluding hydrogens is 418 g/mol. The van der Waals surface area contributed by atoms with Crippen LogP contribution in [0.25, 0.3) is 0 Å². The summed E-state index contributed by atoms with van der Waals surface area (Å²) in [5.41, 5.74) is 0.911. The maximum absolute atomic E-state index is 13.6. The molecule has 0 aliphatic carbocycles. The highest BCUT2D eigenvalue weighted by Crippen LogP contribution is 2.44. The van der Waals surface area contributed by atoms with Crippen molar-refractivity contribution in [2.75, 3.05) is 13.2 Å². The van der Waals surface area contributed by atoms with Gasteiger partial charge in [-0.15, -0.1) is 0 Å². The first-order valence-corrected chi connectivity index (χ1v) is 9.09. The van der Waals surface area contributed by atoms with Crippen LogP contribution in [0.1, 0.15) is 23.3 Å². The number of benzene rings is 2. The molecule has 1 aliphatic heterocycles. The number of morpholine rings is 1. The van der Waals surface area contributed by atoms with E-state index in [0.29, 0.717) is 26.1 Å². The molecule has 3 rings (SSSR count). The van der Waals surface area contributed by atoms with Crippen LogP contribution in [0.5, 0.6) is 0 Å². The smallest absolute Gasteiger partial charge is 0.394 e. The number of alkyl halides is 3. The van der Waals surface area contributed by atoms with E-state index in [-0.39, 0.29) is 0 Å². The molecule has 1 aliphatic rings. The van der Waals surface area contributed by atoms with E-state index in [9.17, 15) is 23.1 Å². The predicted molar refractivity (Wildman–Crippen MR) is 98.1 cm³/mol. The standard InChI is InChI=1S/C19H16Cl2F3NO3/c20-13-6-4-11(5-7-13)17-18(12-2-1-3-14(21)8-12)28-10-16(27)25(17)15(9-26)19(22,23)24/h1-8,15,17-18,26H,9-10H2/t15-,17-,18-/m1/s1. The summed E-state index contributed by atoms with van der Waals surface area (Å²) in [6, 6.07) is 9.11. The van der Waals surface area contributed by atoms with E-state index < -0.39 is 43.5 Å². The van der Waals surface area contributed by atoms with Gasteiger partial charge in [-0.05, 0) is 35.4 Å². The van der Waals surface area contributed by atoms with E-state index in [2.05, 4.69) is 0 Å². The molecule has 0 aromatic heterocycles. The number of aliphatic hydroxyl groups excluding tert-OH is 1. The van der Waals surface area contributed by atoms with Gasteiger partial charge in [-0.2, -0.15) is 13.2 Å². The molecule has 9 heteroatoms. The Morgan fingerprint density at radius 3 is 2.36 bits per heavy atom. The van der Waals surface area contributed by atoms with Crippen molar-refractivity contribution in [2.45, 2.75) is 24.4 Å². The lowest BCUT2D eigenvalue weighted by Gasteiger charge is -2.45. The minimum absolute atomic E-state index is 0.383. The molecule has 2 aromatic carbocycles. The molecule has 1 heterocycles. The van der Waals surface area contributed by atoms with Gasteiger partial charge in [-0.3, -0.25) is 4.79 Å². The topological polar surface area (TPSA) is 49.8 Å². The van der Waals surface area contributed by atoms with Crippen LogP contribution < -0.4 is 0 Å². The van der Waals surface area contributed by atoms with Crippen molar-refractivity contribution in [1.29, 1.82) is 0 Å². The van der Waals surface area contributed by atoms with E-state index in [1.807, 2.05) is 0 Å². The van der Waals surface area contributed by atoms with E-state index >= 15 is 0 Å². The minimum atomic E-state index is -4.81. The number of rotatable bonds is 4. The Kier molecular flexibility index (Phi) is 6.19. The van der Waals surface area contributed by atoms with Gasteiger partial charge in [-0.25, -0.2) is 0 Å². The third-order valence-electron chi connectivity index (χ3n) is 4.54. The summed E-state index contributed by atoms with van der Waals surface area (Å²) >= 11 is 11.9. The monoisotopic (exact) mass is 433 g/mol. The van der Waals surface area contributed by atoms with Crippen molar-refractivity contribution in [3.05, 3.63) is 69.7 Å². The summed E-state index contributed by atoms with van der Waals surface area (Å²) in [5.74, 6) is -0.866. The number of amides is 1. The van der Waals surface area contributed by atoms with E-state index in [1.54, 1.807) is 24.3 Å². The largest absolute Gasteiger partial charge is 0.411 e. The van der Waals surface area contributed by atoms with E-state index in [4.69, 9.17) is 27.9 Å². The zero-order valence-electron chi connectivity index (χ0n) is 14.4. The molecule has 1 fully saturated rings. The highest BCUT2D eigenvalue weighted by Gasteiger charge is 2.51. The molecule has 0 spiro atoms. The zero-order valence-corrected chi connectivity index (χ0v) is 15.9. The molecule has 4 nitrogen and oxygen atoms in total. The number of carbonyl (C=O) groups is 1. The molecular formula is C19H16Cl2F3NO3. The lowest BCUT2D eigenvalue weighted by molar-refractivity contribution is -0.220. The van der Waals surface area contributed by atoms with Crippen molar-refractivity contribution >= 4 is 29.1 Å². The van der Waals surface area contributed by atoms with Gasteiger partial charge in [-0.1, -0.05) is 47.5 Å². The molecule has 0 saturated carbocycles. The second-order valence-electron chi connectivity index (χ2n) is 6.32. The zero-order chi connectivity index (χ0) is 20.5. The number of halogens is 5. The van der Waals surface area contributed by atoms with Crippen LogP contribution in [0.4, 0.5) is 13.2 Å². The quantitative estimate of drug-likeness (QED) is 0.768. The molecule has 2 aromatic rings. The van der Waals surface area contributed by atoms with E-state index in [0.717, 1.165) is 0 Å². The van der Waals surface area contributed by atoms with Gasteiger partial charge in [0.25, 0.3) is 0 Å². The SMILES string of the molecule is O=C1CO[C@H](c2cccc(Cl)c2)[C@@H](c2ccc(Cl)cc2)N1[C@H](CO)C(F)(F)F. The van der Waals surface area contributed by atoms with Crippen LogP contribution in [0.15, 0.2) is 48.5 Å². The fourth-order valence-electron chi connectivity index (χ4n) is 3.30. The van der Waals surface area contributed by atoms with E-state index in [1.165, 1.54) is 24.3 Å². The fraction of sp³-hybridized carbons (Fsp3) is 0.316. The number of carbonyl (C=O) groups excluding carboxylic acids is 1. The average molecular weight is 434 g/mol. The lowest BCUT2D eigenvalue weighted by atomic mass is 9.91. The Bertz CT molecular complexity index is 845. The van der Waals surface area contributed by atoms with Gasteiger partial charge in [0.2, 0.25) is 5.91 Å². The molecule has 0 unspecified atom stereocenters.